The van der Waals surface area contributed by atoms with E-state index in [0.29, 0.717) is 24.5 Å². The summed E-state index contributed by atoms with van der Waals surface area (Å²) in [6, 6.07) is 1.28. The number of amides is 2. The zero-order valence-electron chi connectivity index (χ0n) is 15.5. The summed E-state index contributed by atoms with van der Waals surface area (Å²) >= 11 is 0. The molecule has 25 heavy (non-hydrogen) atoms. The lowest BCUT2D eigenvalue weighted by Gasteiger charge is -2.46. The van der Waals surface area contributed by atoms with Gasteiger partial charge in [-0.25, -0.2) is 4.79 Å². The van der Waals surface area contributed by atoms with E-state index in [9.17, 15) is 9.59 Å². The summed E-state index contributed by atoms with van der Waals surface area (Å²) in [7, 11) is 0. The molecule has 4 aliphatic heterocycles. The molecule has 4 rings (SSSR count). The lowest BCUT2D eigenvalue weighted by atomic mass is 9.77. The molecule has 2 amide bonds. The fraction of sp³-hybridized carbons (Fsp3) is 0.895. The number of rotatable bonds is 2. The van der Waals surface area contributed by atoms with Crippen LogP contribution in [0.5, 0.6) is 0 Å². The fourth-order valence-electron chi connectivity index (χ4n) is 5.48. The first-order valence-corrected chi connectivity index (χ1v) is 9.95. The highest BCUT2D eigenvalue weighted by molar-refractivity contribution is 5.79. The molecular formula is C19H31N3O3. The molecule has 0 radical (unpaired) electrons. The molecule has 4 saturated heterocycles. The standard InChI is InChI=1S/C19H31N3O3/c1-13(2)25-18(24)22-14-3-4-15(22)10-16(9-14)21-7-5-19(6-8-21)11-17(23)20-12-19/h13-16H,3-12H2,1-2H3,(H,20,23). The van der Waals surface area contributed by atoms with Gasteiger partial charge in [0, 0.05) is 31.1 Å². The number of likely N-dealkylation sites (tertiary alicyclic amines) is 1. The first-order valence-electron chi connectivity index (χ1n) is 9.95. The number of carbonyl (C=O) groups is 2. The van der Waals surface area contributed by atoms with Crippen LogP contribution in [0.4, 0.5) is 4.79 Å². The number of nitrogens with one attached hydrogen (secondary N) is 1. The normalized spacial score (nSPS) is 34.6. The largest absolute Gasteiger partial charge is 0.447 e. The zero-order chi connectivity index (χ0) is 17.6. The number of hydrogen-bond donors (Lipinski definition) is 1. The molecule has 0 aromatic carbocycles. The number of piperidine rings is 2. The van der Waals surface area contributed by atoms with Crippen molar-refractivity contribution in [2.45, 2.75) is 83.0 Å². The summed E-state index contributed by atoms with van der Waals surface area (Å²) in [5.41, 5.74) is 0.217. The monoisotopic (exact) mass is 349 g/mol. The summed E-state index contributed by atoms with van der Waals surface area (Å²) in [6.07, 6.45) is 7.18. The molecule has 0 aromatic heterocycles. The van der Waals surface area contributed by atoms with E-state index in [0.717, 1.165) is 58.2 Å². The van der Waals surface area contributed by atoms with E-state index < -0.39 is 0 Å². The van der Waals surface area contributed by atoms with Crippen molar-refractivity contribution >= 4 is 12.0 Å². The second-order valence-corrected chi connectivity index (χ2v) is 8.84. The van der Waals surface area contributed by atoms with Gasteiger partial charge in [-0.2, -0.15) is 0 Å². The van der Waals surface area contributed by atoms with Gasteiger partial charge in [-0.05, 0) is 70.9 Å². The molecule has 0 aromatic rings. The highest BCUT2D eigenvalue weighted by atomic mass is 16.6. The molecule has 4 fully saturated rings. The Kier molecular flexibility index (Phi) is 4.42. The Hall–Kier alpha value is -1.30. The van der Waals surface area contributed by atoms with Gasteiger partial charge in [-0.15, -0.1) is 0 Å². The third-order valence-electron chi connectivity index (χ3n) is 6.83. The Morgan fingerprint density at radius 2 is 1.80 bits per heavy atom. The highest BCUT2D eigenvalue weighted by Crippen LogP contribution is 2.42. The van der Waals surface area contributed by atoms with Gasteiger partial charge < -0.3 is 19.9 Å². The average Bonchev–Trinajstić information content (AvgIpc) is 3.05. The third-order valence-corrected chi connectivity index (χ3v) is 6.83. The van der Waals surface area contributed by atoms with Gasteiger partial charge >= 0.3 is 6.09 Å². The lowest BCUT2D eigenvalue weighted by Crippen LogP contribution is -2.55. The lowest BCUT2D eigenvalue weighted by molar-refractivity contribution is -0.119. The second kappa shape index (κ2) is 6.45. The molecule has 6 heteroatoms. The summed E-state index contributed by atoms with van der Waals surface area (Å²) in [6.45, 7) is 6.88. The number of ether oxygens (including phenoxy) is 1. The van der Waals surface area contributed by atoms with Crippen molar-refractivity contribution in [2.24, 2.45) is 5.41 Å². The summed E-state index contributed by atoms with van der Waals surface area (Å²) in [4.78, 5) is 28.7. The molecule has 140 valence electrons. The first-order chi connectivity index (χ1) is 12.0. The van der Waals surface area contributed by atoms with Crippen LogP contribution in [0, 0.1) is 5.41 Å². The predicted octanol–water partition coefficient (Wildman–Crippen LogP) is 2.13. The minimum atomic E-state index is -0.117. The van der Waals surface area contributed by atoms with Crippen LogP contribution in [-0.4, -0.2) is 65.7 Å². The first kappa shape index (κ1) is 17.1. The van der Waals surface area contributed by atoms with Gasteiger partial charge in [0.2, 0.25) is 5.91 Å². The van der Waals surface area contributed by atoms with Crippen molar-refractivity contribution in [1.82, 2.24) is 15.1 Å². The Balaban J connectivity index is 1.34. The second-order valence-electron chi connectivity index (χ2n) is 8.84. The third kappa shape index (κ3) is 3.25. The van der Waals surface area contributed by atoms with Crippen LogP contribution in [0.2, 0.25) is 0 Å². The quantitative estimate of drug-likeness (QED) is 0.830. The molecule has 0 aliphatic carbocycles. The molecule has 4 aliphatic rings. The van der Waals surface area contributed by atoms with Crippen LogP contribution in [-0.2, 0) is 9.53 Å². The van der Waals surface area contributed by atoms with Crippen molar-refractivity contribution in [3.8, 4) is 0 Å². The van der Waals surface area contributed by atoms with Crippen LogP contribution < -0.4 is 5.32 Å². The van der Waals surface area contributed by atoms with Crippen molar-refractivity contribution in [3.63, 3.8) is 0 Å². The molecule has 2 atom stereocenters. The van der Waals surface area contributed by atoms with Gasteiger partial charge in [-0.3, -0.25) is 4.79 Å². The molecule has 6 nitrogen and oxygen atoms in total. The van der Waals surface area contributed by atoms with Gasteiger partial charge in [0.1, 0.15) is 0 Å². The van der Waals surface area contributed by atoms with Crippen LogP contribution in [0.25, 0.3) is 0 Å². The highest BCUT2D eigenvalue weighted by Gasteiger charge is 2.47. The molecular weight excluding hydrogens is 318 g/mol. The van der Waals surface area contributed by atoms with Crippen molar-refractivity contribution < 1.29 is 14.3 Å². The Labute approximate surface area is 150 Å². The maximum atomic E-state index is 12.4. The zero-order valence-corrected chi connectivity index (χ0v) is 15.5. The summed E-state index contributed by atoms with van der Waals surface area (Å²) in [5, 5.41) is 3.02. The van der Waals surface area contributed by atoms with E-state index in [-0.39, 0.29) is 23.5 Å². The number of fused-ring (bicyclic) bond motifs is 2. The maximum Gasteiger partial charge on any atom is 0.410 e. The predicted molar refractivity (Wildman–Crippen MR) is 94.2 cm³/mol. The van der Waals surface area contributed by atoms with Gasteiger partial charge in [0.05, 0.1) is 6.10 Å². The van der Waals surface area contributed by atoms with Gasteiger partial charge in [-0.1, -0.05) is 0 Å². The fourth-order valence-corrected chi connectivity index (χ4v) is 5.48. The maximum absolute atomic E-state index is 12.4. The van der Waals surface area contributed by atoms with E-state index in [1.165, 1.54) is 0 Å². The van der Waals surface area contributed by atoms with Crippen molar-refractivity contribution in [3.05, 3.63) is 0 Å². The number of hydrogen-bond acceptors (Lipinski definition) is 4. The minimum absolute atomic E-state index is 0.0503. The van der Waals surface area contributed by atoms with E-state index >= 15 is 0 Å². The van der Waals surface area contributed by atoms with Crippen LogP contribution in [0.1, 0.15) is 58.8 Å². The molecule has 0 saturated carbocycles. The Bertz CT molecular complexity index is 528. The summed E-state index contributed by atoms with van der Waals surface area (Å²) in [5.74, 6) is 0.225. The molecule has 4 heterocycles. The van der Waals surface area contributed by atoms with E-state index in [1.54, 1.807) is 0 Å². The van der Waals surface area contributed by atoms with Crippen molar-refractivity contribution in [2.75, 3.05) is 19.6 Å². The number of carbonyl (C=O) groups excluding carboxylic acids is 2. The molecule has 2 unspecified atom stereocenters. The van der Waals surface area contributed by atoms with Crippen LogP contribution in [0.15, 0.2) is 0 Å². The molecule has 1 N–H and O–H groups in total. The van der Waals surface area contributed by atoms with Gasteiger partial charge in [0.25, 0.3) is 0 Å². The van der Waals surface area contributed by atoms with E-state index in [2.05, 4.69) is 10.2 Å². The van der Waals surface area contributed by atoms with Crippen molar-refractivity contribution in [1.29, 1.82) is 0 Å². The molecule has 2 bridgehead atoms. The van der Waals surface area contributed by atoms with E-state index in [1.807, 2.05) is 18.7 Å². The molecule has 1 spiro atoms. The Morgan fingerprint density at radius 1 is 1.16 bits per heavy atom. The topological polar surface area (TPSA) is 61.9 Å². The van der Waals surface area contributed by atoms with Crippen LogP contribution >= 0.6 is 0 Å². The average molecular weight is 349 g/mol. The smallest absolute Gasteiger partial charge is 0.410 e. The SMILES string of the molecule is CC(C)OC(=O)N1C2CCC1CC(N1CCC3(CC1)CNC(=O)C3)C2. The van der Waals surface area contributed by atoms with Gasteiger partial charge in [0.15, 0.2) is 0 Å². The van der Waals surface area contributed by atoms with E-state index in [4.69, 9.17) is 4.74 Å². The minimum Gasteiger partial charge on any atom is -0.447 e. The summed E-state index contributed by atoms with van der Waals surface area (Å²) < 4.78 is 5.46. The number of nitrogens with zero attached hydrogens (tertiary/aromatic N) is 2. The van der Waals surface area contributed by atoms with Crippen LogP contribution in [0.3, 0.4) is 0 Å². The Morgan fingerprint density at radius 3 is 2.32 bits per heavy atom.